The zero-order valence-electron chi connectivity index (χ0n) is 10.1. The van der Waals surface area contributed by atoms with Crippen molar-refractivity contribution < 1.29 is 28.5 Å². The van der Waals surface area contributed by atoms with Crippen molar-refractivity contribution >= 4 is 16.9 Å². The first-order valence-corrected chi connectivity index (χ1v) is 5.08. The predicted octanol–water partition coefficient (Wildman–Crippen LogP) is 2.16. The zero-order chi connectivity index (χ0) is 13.3. The lowest BCUT2D eigenvalue weighted by molar-refractivity contribution is 0.0665. The Hall–Kier alpha value is -2.37. The van der Waals surface area contributed by atoms with Crippen molar-refractivity contribution in [2.45, 2.75) is 0 Å². The Morgan fingerprint density at radius 1 is 1.11 bits per heavy atom. The third kappa shape index (κ3) is 1.71. The quantitative estimate of drug-likeness (QED) is 0.898. The van der Waals surface area contributed by atoms with Crippen molar-refractivity contribution in [2.24, 2.45) is 0 Å². The van der Waals surface area contributed by atoms with Crippen LogP contribution in [0.15, 0.2) is 16.5 Å². The summed E-state index contributed by atoms with van der Waals surface area (Å²) < 4.78 is 20.8. The fraction of sp³-hybridized carbons (Fsp3) is 0.250. The number of ether oxygens (including phenoxy) is 3. The van der Waals surface area contributed by atoms with Crippen molar-refractivity contribution in [1.29, 1.82) is 0 Å². The Bertz CT molecular complexity index is 598. The van der Waals surface area contributed by atoms with Crippen molar-refractivity contribution in [3.8, 4) is 17.2 Å². The number of furan rings is 1. The largest absolute Gasteiger partial charge is 0.493 e. The Balaban J connectivity index is 2.79. The predicted molar refractivity (Wildman–Crippen MR) is 62.8 cm³/mol. The van der Waals surface area contributed by atoms with Crippen LogP contribution < -0.4 is 14.2 Å². The van der Waals surface area contributed by atoms with Gasteiger partial charge in [0.1, 0.15) is 0 Å². The van der Waals surface area contributed by atoms with Crippen molar-refractivity contribution in [2.75, 3.05) is 21.3 Å². The summed E-state index contributed by atoms with van der Waals surface area (Å²) in [6.45, 7) is 0. The van der Waals surface area contributed by atoms with Gasteiger partial charge in [0.05, 0.1) is 21.3 Å². The van der Waals surface area contributed by atoms with E-state index in [0.717, 1.165) is 0 Å². The molecule has 0 unspecified atom stereocenters. The third-order valence-electron chi connectivity index (χ3n) is 2.52. The number of carboxylic acid groups (broad SMARTS) is 1. The van der Waals surface area contributed by atoms with Crippen molar-refractivity contribution in [3.63, 3.8) is 0 Å². The Kier molecular flexibility index (Phi) is 3.01. The molecule has 0 saturated carbocycles. The average Bonchev–Trinajstić information content (AvgIpc) is 2.79. The van der Waals surface area contributed by atoms with Crippen molar-refractivity contribution in [1.82, 2.24) is 0 Å². The van der Waals surface area contributed by atoms with E-state index in [2.05, 4.69) is 0 Å². The summed E-state index contributed by atoms with van der Waals surface area (Å²) in [5, 5.41) is 9.48. The average molecular weight is 252 g/mol. The van der Waals surface area contributed by atoms with Crippen LogP contribution in [-0.2, 0) is 0 Å². The standard InChI is InChI=1S/C12H12O6/c1-15-7-4-6-5-8(12(13)14)18-9(6)11(17-3)10(7)16-2/h4-5H,1-3H3,(H,13,14). The number of benzene rings is 1. The lowest BCUT2D eigenvalue weighted by Gasteiger charge is -2.11. The minimum absolute atomic E-state index is 0.168. The van der Waals surface area contributed by atoms with Gasteiger partial charge in [-0.3, -0.25) is 0 Å². The second-order valence-electron chi connectivity index (χ2n) is 3.48. The highest BCUT2D eigenvalue weighted by Gasteiger charge is 2.21. The van der Waals surface area contributed by atoms with Crippen LogP contribution in [-0.4, -0.2) is 32.4 Å². The maximum absolute atomic E-state index is 10.9. The van der Waals surface area contributed by atoms with Gasteiger partial charge in [0, 0.05) is 5.39 Å². The van der Waals surface area contributed by atoms with Crippen LogP contribution in [0.25, 0.3) is 11.0 Å². The van der Waals surface area contributed by atoms with E-state index in [9.17, 15) is 4.79 Å². The molecule has 6 nitrogen and oxygen atoms in total. The number of carboxylic acids is 1. The van der Waals surface area contributed by atoms with Gasteiger partial charge >= 0.3 is 5.97 Å². The van der Waals surface area contributed by atoms with Gasteiger partial charge < -0.3 is 23.7 Å². The second kappa shape index (κ2) is 4.48. The van der Waals surface area contributed by atoms with E-state index in [1.54, 1.807) is 6.07 Å². The van der Waals surface area contributed by atoms with Crippen molar-refractivity contribution in [3.05, 3.63) is 17.9 Å². The molecule has 18 heavy (non-hydrogen) atoms. The summed E-state index contributed by atoms with van der Waals surface area (Å²) in [7, 11) is 4.40. The molecule has 0 fully saturated rings. The topological polar surface area (TPSA) is 78.1 Å². The molecule has 1 aromatic carbocycles. The minimum atomic E-state index is -1.15. The van der Waals surface area contributed by atoms with Gasteiger partial charge in [-0.05, 0) is 12.1 Å². The van der Waals surface area contributed by atoms with Gasteiger partial charge in [0.25, 0.3) is 0 Å². The fourth-order valence-electron chi connectivity index (χ4n) is 1.75. The molecule has 0 aliphatic rings. The first-order valence-electron chi connectivity index (χ1n) is 5.08. The summed E-state index contributed by atoms with van der Waals surface area (Å²) in [4.78, 5) is 10.9. The van der Waals surface area contributed by atoms with E-state index in [1.807, 2.05) is 0 Å². The van der Waals surface area contributed by atoms with E-state index in [-0.39, 0.29) is 5.76 Å². The molecule has 0 radical (unpaired) electrons. The maximum Gasteiger partial charge on any atom is 0.371 e. The highest BCUT2D eigenvalue weighted by molar-refractivity contribution is 5.95. The zero-order valence-corrected chi connectivity index (χ0v) is 10.1. The van der Waals surface area contributed by atoms with Gasteiger partial charge in [-0.1, -0.05) is 0 Å². The van der Waals surface area contributed by atoms with Crippen LogP contribution in [0.4, 0.5) is 0 Å². The fourth-order valence-corrected chi connectivity index (χ4v) is 1.75. The molecule has 1 aromatic heterocycles. The lowest BCUT2D eigenvalue weighted by atomic mass is 10.2. The van der Waals surface area contributed by atoms with Crippen LogP contribution in [0, 0.1) is 0 Å². The van der Waals surface area contributed by atoms with Crippen LogP contribution in [0.1, 0.15) is 10.6 Å². The van der Waals surface area contributed by atoms with E-state index < -0.39 is 5.97 Å². The van der Waals surface area contributed by atoms with E-state index >= 15 is 0 Å². The molecule has 0 aliphatic heterocycles. The highest BCUT2D eigenvalue weighted by atomic mass is 16.5. The van der Waals surface area contributed by atoms with E-state index in [1.165, 1.54) is 27.4 Å². The smallest absolute Gasteiger partial charge is 0.371 e. The normalized spacial score (nSPS) is 10.4. The molecule has 2 aromatic rings. The molecule has 0 saturated heterocycles. The van der Waals surface area contributed by atoms with Gasteiger partial charge in [0.15, 0.2) is 11.3 Å². The minimum Gasteiger partial charge on any atom is -0.493 e. The number of methoxy groups -OCH3 is 3. The van der Waals surface area contributed by atoms with Crippen LogP contribution >= 0.6 is 0 Å². The number of carbonyl (C=O) groups is 1. The first-order chi connectivity index (χ1) is 8.62. The number of hydrogen-bond donors (Lipinski definition) is 1. The number of fused-ring (bicyclic) bond motifs is 1. The summed E-state index contributed by atoms with van der Waals surface area (Å²) in [5.74, 6) is -0.206. The van der Waals surface area contributed by atoms with Gasteiger partial charge in [-0.15, -0.1) is 0 Å². The van der Waals surface area contributed by atoms with Gasteiger partial charge in [0.2, 0.25) is 17.3 Å². The maximum atomic E-state index is 10.9. The Morgan fingerprint density at radius 3 is 2.28 bits per heavy atom. The van der Waals surface area contributed by atoms with Crippen LogP contribution in [0.2, 0.25) is 0 Å². The summed E-state index contributed by atoms with van der Waals surface area (Å²) >= 11 is 0. The molecule has 0 aliphatic carbocycles. The molecular weight excluding hydrogens is 240 g/mol. The molecule has 0 spiro atoms. The third-order valence-corrected chi connectivity index (χ3v) is 2.52. The van der Waals surface area contributed by atoms with Crippen LogP contribution in [0.3, 0.4) is 0 Å². The monoisotopic (exact) mass is 252 g/mol. The molecule has 96 valence electrons. The molecule has 6 heteroatoms. The molecule has 1 N–H and O–H groups in total. The van der Waals surface area contributed by atoms with E-state index in [4.69, 9.17) is 23.7 Å². The number of aromatic carboxylic acids is 1. The molecule has 0 amide bonds. The summed E-state index contributed by atoms with van der Waals surface area (Å²) in [6.07, 6.45) is 0. The molecule has 0 atom stereocenters. The molecule has 0 bridgehead atoms. The van der Waals surface area contributed by atoms with Gasteiger partial charge in [-0.2, -0.15) is 0 Å². The molecule has 2 rings (SSSR count). The number of rotatable bonds is 4. The SMILES string of the molecule is COc1cc2cc(C(=O)O)oc2c(OC)c1OC. The highest BCUT2D eigenvalue weighted by Crippen LogP contribution is 2.44. The summed E-state index contributed by atoms with van der Waals surface area (Å²) in [6, 6.07) is 3.04. The second-order valence-corrected chi connectivity index (χ2v) is 3.48. The first kappa shape index (κ1) is 12.1. The Labute approximate surface area is 103 Å². The number of hydrogen-bond acceptors (Lipinski definition) is 5. The molecular formula is C12H12O6. The van der Waals surface area contributed by atoms with Crippen LogP contribution in [0.5, 0.6) is 17.2 Å². The van der Waals surface area contributed by atoms with Gasteiger partial charge in [-0.25, -0.2) is 4.79 Å². The lowest BCUT2D eigenvalue weighted by Crippen LogP contribution is -1.94. The summed E-state index contributed by atoms with van der Waals surface area (Å²) in [5.41, 5.74) is 0.313. The van der Waals surface area contributed by atoms with E-state index in [0.29, 0.717) is 28.2 Å². The molecule has 1 heterocycles. The Morgan fingerprint density at radius 2 is 1.78 bits per heavy atom.